The second-order valence-electron chi connectivity index (χ2n) is 7.53. The molecule has 1 saturated heterocycles. The molecule has 4 rings (SSSR count). The molecule has 2 heterocycles. The molecular formula is C21H27N3O. The molecular weight excluding hydrogens is 310 g/mol. The van der Waals surface area contributed by atoms with Crippen LogP contribution in [0.3, 0.4) is 0 Å². The van der Waals surface area contributed by atoms with Gasteiger partial charge in [-0.15, -0.1) is 0 Å². The number of piperidine rings is 1. The lowest BCUT2D eigenvalue weighted by atomic mass is 9.89. The summed E-state index contributed by atoms with van der Waals surface area (Å²) in [6, 6.07) is 11.1. The van der Waals surface area contributed by atoms with Gasteiger partial charge in [0.25, 0.3) is 0 Å². The molecule has 25 heavy (non-hydrogen) atoms. The molecule has 1 aromatic heterocycles. The van der Waals surface area contributed by atoms with Crippen LogP contribution in [0.15, 0.2) is 36.5 Å². The number of likely N-dealkylation sites (tertiary alicyclic amines) is 1. The van der Waals surface area contributed by atoms with Gasteiger partial charge in [-0.25, -0.2) is 0 Å². The number of amides is 1. The van der Waals surface area contributed by atoms with E-state index in [0.717, 1.165) is 50.8 Å². The predicted octanol–water partition coefficient (Wildman–Crippen LogP) is 3.36. The first-order valence-corrected chi connectivity index (χ1v) is 9.60. The molecule has 0 radical (unpaired) electrons. The van der Waals surface area contributed by atoms with Crippen molar-refractivity contribution in [3.63, 3.8) is 0 Å². The van der Waals surface area contributed by atoms with Crippen LogP contribution in [-0.4, -0.2) is 34.9 Å². The van der Waals surface area contributed by atoms with Crippen molar-refractivity contribution in [2.75, 3.05) is 13.1 Å². The number of benzene rings is 1. The summed E-state index contributed by atoms with van der Waals surface area (Å²) in [5.41, 5.74) is 2.34. The number of fused-ring (bicyclic) bond motifs is 1. The van der Waals surface area contributed by atoms with Crippen molar-refractivity contribution in [2.24, 2.45) is 11.8 Å². The molecule has 4 heteroatoms. The highest BCUT2D eigenvalue weighted by Crippen LogP contribution is 2.33. The summed E-state index contributed by atoms with van der Waals surface area (Å²) in [5, 5.41) is 4.94. The number of pyridine rings is 1. The highest BCUT2D eigenvalue weighted by Gasteiger charge is 2.37. The second kappa shape index (κ2) is 7.12. The number of nitrogens with one attached hydrogen (secondary N) is 1. The molecule has 0 bridgehead atoms. The minimum atomic E-state index is 0.341. The van der Waals surface area contributed by atoms with Crippen LogP contribution in [0.5, 0.6) is 0 Å². The van der Waals surface area contributed by atoms with E-state index in [4.69, 9.17) is 0 Å². The van der Waals surface area contributed by atoms with Crippen molar-refractivity contribution >= 4 is 16.8 Å². The molecule has 1 N–H and O–H groups in total. The van der Waals surface area contributed by atoms with E-state index in [-0.39, 0.29) is 0 Å². The zero-order valence-electron chi connectivity index (χ0n) is 14.9. The molecule has 0 unspecified atom stereocenters. The third-order valence-corrected chi connectivity index (χ3v) is 5.73. The average molecular weight is 337 g/mol. The van der Waals surface area contributed by atoms with Gasteiger partial charge in [-0.1, -0.05) is 25.5 Å². The normalized spacial score (nSPS) is 23.8. The molecule has 1 aliphatic heterocycles. The molecule has 1 aromatic carbocycles. The van der Waals surface area contributed by atoms with Crippen LogP contribution in [0.4, 0.5) is 0 Å². The third kappa shape index (κ3) is 3.69. The van der Waals surface area contributed by atoms with E-state index < -0.39 is 0 Å². The van der Waals surface area contributed by atoms with E-state index >= 15 is 0 Å². The van der Waals surface area contributed by atoms with Gasteiger partial charge in [-0.05, 0) is 48.9 Å². The number of carbonyl (C=O) groups is 1. The Bertz CT molecular complexity index is 756. The largest absolute Gasteiger partial charge is 0.342 e. The van der Waals surface area contributed by atoms with Gasteiger partial charge in [0.15, 0.2) is 0 Å². The van der Waals surface area contributed by atoms with Crippen molar-refractivity contribution in [1.82, 2.24) is 15.2 Å². The highest BCUT2D eigenvalue weighted by molar-refractivity contribution is 5.81. The second-order valence-corrected chi connectivity index (χ2v) is 7.53. The quantitative estimate of drug-likeness (QED) is 0.910. The molecule has 2 aliphatic rings. The van der Waals surface area contributed by atoms with Gasteiger partial charge in [0.1, 0.15) is 0 Å². The monoisotopic (exact) mass is 337 g/mol. The van der Waals surface area contributed by atoms with E-state index in [0.29, 0.717) is 23.8 Å². The summed E-state index contributed by atoms with van der Waals surface area (Å²) in [5.74, 6) is 1.30. The summed E-state index contributed by atoms with van der Waals surface area (Å²) >= 11 is 0. The van der Waals surface area contributed by atoms with Gasteiger partial charge in [-0.2, -0.15) is 0 Å². The fourth-order valence-electron chi connectivity index (χ4n) is 3.99. The molecule has 1 aliphatic carbocycles. The third-order valence-electron chi connectivity index (χ3n) is 5.73. The number of carbonyl (C=O) groups excluding carboxylic acids is 1. The number of nitrogens with zero attached hydrogens (tertiary/aromatic N) is 2. The summed E-state index contributed by atoms with van der Waals surface area (Å²) in [6.07, 6.45) is 6.22. The van der Waals surface area contributed by atoms with Crippen LogP contribution in [-0.2, 0) is 11.3 Å². The van der Waals surface area contributed by atoms with E-state index in [1.807, 2.05) is 12.3 Å². The van der Waals surface area contributed by atoms with Crippen molar-refractivity contribution in [3.8, 4) is 0 Å². The Kier molecular flexibility index (Phi) is 4.71. The molecule has 2 atom stereocenters. The molecule has 2 aromatic rings. The Morgan fingerprint density at radius 1 is 1.28 bits per heavy atom. The van der Waals surface area contributed by atoms with Crippen LogP contribution in [0, 0.1) is 11.8 Å². The Morgan fingerprint density at radius 3 is 2.96 bits per heavy atom. The SMILES string of the molecule is CC[C@@H]1CN(C(=O)C2CC2)CC[C@H]1NCc1ccc2ncccc2c1. The first-order chi connectivity index (χ1) is 12.2. The fourth-order valence-corrected chi connectivity index (χ4v) is 3.99. The lowest BCUT2D eigenvalue weighted by molar-refractivity contribution is -0.134. The highest BCUT2D eigenvalue weighted by atomic mass is 16.2. The lowest BCUT2D eigenvalue weighted by Gasteiger charge is -2.39. The van der Waals surface area contributed by atoms with Crippen molar-refractivity contribution in [3.05, 3.63) is 42.1 Å². The summed E-state index contributed by atoms with van der Waals surface area (Å²) in [4.78, 5) is 18.8. The van der Waals surface area contributed by atoms with Crippen molar-refractivity contribution in [2.45, 2.75) is 45.2 Å². The molecule has 2 fully saturated rings. The maximum absolute atomic E-state index is 12.3. The first kappa shape index (κ1) is 16.5. The summed E-state index contributed by atoms with van der Waals surface area (Å²) in [6.45, 7) is 4.95. The standard InChI is InChI=1S/C21H27N3O/c1-2-16-14-24(21(25)17-6-7-17)11-9-20(16)23-13-15-5-8-19-18(12-15)4-3-10-22-19/h3-5,8,10,12,16-17,20,23H,2,6-7,9,11,13-14H2,1H3/t16-,20-/m1/s1. The Hall–Kier alpha value is -1.94. The maximum Gasteiger partial charge on any atom is 0.225 e. The van der Waals surface area contributed by atoms with Crippen LogP contribution in [0.2, 0.25) is 0 Å². The molecule has 1 saturated carbocycles. The smallest absolute Gasteiger partial charge is 0.225 e. The van der Waals surface area contributed by atoms with E-state index in [1.165, 1.54) is 10.9 Å². The summed E-state index contributed by atoms with van der Waals surface area (Å²) in [7, 11) is 0. The summed E-state index contributed by atoms with van der Waals surface area (Å²) < 4.78 is 0. The number of rotatable bonds is 5. The van der Waals surface area contributed by atoms with E-state index in [1.54, 1.807) is 0 Å². The predicted molar refractivity (Wildman–Crippen MR) is 100 cm³/mol. The zero-order valence-corrected chi connectivity index (χ0v) is 14.9. The first-order valence-electron chi connectivity index (χ1n) is 9.60. The van der Waals surface area contributed by atoms with Gasteiger partial charge >= 0.3 is 0 Å². The number of hydrogen-bond acceptors (Lipinski definition) is 3. The molecule has 4 nitrogen and oxygen atoms in total. The van der Waals surface area contributed by atoms with Gasteiger partial charge in [0.2, 0.25) is 5.91 Å². The van der Waals surface area contributed by atoms with Gasteiger partial charge in [0, 0.05) is 43.2 Å². The Morgan fingerprint density at radius 2 is 2.16 bits per heavy atom. The van der Waals surface area contributed by atoms with Gasteiger partial charge < -0.3 is 10.2 Å². The lowest BCUT2D eigenvalue weighted by Crippen LogP contribution is -2.51. The minimum absolute atomic E-state index is 0.341. The Balaban J connectivity index is 1.37. The average Bonchev–Trinajstić information content (AvgIpc) is 3.50. The minimum Gasteiger partial charge on any atom is -0.342 e. The van der Waals surface area contributed by atoms with Crippen LogP contribution < -0.4 is 5.32 Å². The van der Waals surface area contributed by atoms with Gasteiger partial charge in [-0.3, -0.25) is 9.78 Å². The van der Waals surface area contributed by atoms with E-state index in [2.05, 4.69) is 46.4 Å². The van der Waals surface area contributed by atoms with Crippen molar-refractivity contribution in [1.29, 1.82) is 0 Å². The molecule has 132 valence electrons. The van der Waals surface area contributed by atoms with E-state index in [9.17, 15) is 4.79 Å². The maximum atomic E-state index is 12.3. The van der Waals surface area contributed by atoms with Crippen LogP contribution in [0.25, 0.3) is 10.9 Å². The zero-order chi connectivity index (χ0) is 17.2. The number of hydrogen-bond donors (Lipinski definition) is 1. The molecule has 1 amide bonds. The number of aromatic nitrogens is 1. The van der Waals surface area contributed by atoms with Crippen LogP contribution in [0.1, 0.15) is 38.2 Å². The fraction of sp³-hybridized carbons (Fsp3) is 0.524. The molecule has 0 spiro atoms. The Labute approximate surface area is 149 Å². The van der Waals surface area contributed by atoms with Gasteiger partial charge in [0.05, 0.1) is 5.52 Å². The van der Waals surface area contributed by atoms with Crippen LogP contribution >= 0.6 is 0 Å². The van der Waals surface area contributed by atoms with Crippen molar-refractivity contribution < 1.29 is 4.79 Å². The topological polar surface area (TPSA) is 45.2 Å².